The Bertz CT molecular complexity index is 1020. The van der Waals surface area contributed by atoms with Crippen LogP contribution in [-0.4, -0.2) is 51.0 Å². The number of anilines is 1. The summed E-state index contributed by atoms with van der Waals surface area (Å²) in [4.78, 5) is 30.1. The zero-order valence-electron chi connectivity index (χ0n) is 15.7. The molecule has 0 aliphatic rings. The molecule has 0 saturated heterocycles. The summed E-state index contributed by atoms with van der Waals surface area (Å²) in [6.45, 7) is 0.678. The molecular formula is C17H22N6O4. The molecule has 1 N–H and O–H groups in total. The number of aromatic nitrogens is 4. The number of urea groups is 1. The van der Waals surface area contributed by atoms with E-state index in [9.17, 15) is 9.59 Å². The maximum atomic E-state index is 12.4. The summed E-state index contributed by atoms with van der Waals surface area (Å²) >= 11 is 0. The number of fused-ring (bicyclic) bond motifs is 1. The van der Waals surface area contributed by atoms with E-state index in [-0.39, 0.29) is 18.3 Å². The predicted octanol–water partition coefficient (Wildman–Crippen LogP) is 1.11. The van der Waals surface area contributed by atoms with E-state index in [1.54, 1.807) is 51.0 Å². The molecule has 2 aromatic heterocycles. The minimum Gasteiger partial charge on any atom is -0.384 e. The highest BCUT2D eigenvalue weighted by molar-refractivity contribution is 5.91. The van der Waals surface area contributed by atoms with E-state index >= 15 is 0 Å². The van der Waals surface area contributed by atoms with Gasteiger partial charge in [0, 0.05) is 40.4 Å². The number of hydrogen-bond donors (Lipinski definition) is 1. The highest BCUT2D eigenvalue weighted by atomic mass is 16.5. The van der Waals surface area contributed by atoms with Crippen LogP contribution in [0.3, 0.4) is 0 Å². The van der Waals surface area contributed by atoms with Crippen LogP contribution in [-0.2, 0) is 31.8 Å². The molecule has 0 aliphatic carbocycles. The molecule has 10 heteroatoms. The van der Waals surface area contributed by atoms with E-state index in [2.05, 4.69) is 15.5 Å². The molecule has 0 atom stereocenters. The fourth-order valence-corrected chi connectivity index (χ4v) is 2.73. The van der Waals surface area contributed by atoms with E-state index in [1.165, 1.54) is 9.47 Å². The van der Waals surface area contributed by atoms with Gasteiger partial charge in [0.05, 0.1) is 17.6 Å². The van der Waals surface area contributed by atoms with Gasteiger partial charge >= 0.3 is 11.7 Å². The number of imidazole rings is 1. The summed E-state index contributed by atoms with van der Waals surface area (Å²) in [6, 6.07) is 4.99. The first-order valence-electron chi connectivity index (χ1n) is 8.38. The third-order valence-corrected chi connectivity index (χ3v) is 4.28. The maximum absolute atomic E-state index is 12.4. The number of benzene rings is 1. The summed E-state index contributed by atoms with van der Waals surface area (Å²) < 4.78 is 13.2. The number of methoxy groups -OCH3 is 1. The minimum atomic E-state index is -0.327. The van der Waals surface area contributed by atoms with E-state index in [0.717, 1.165) is 11.0 Å². The number of aryl methyl sites for hydroxylation is 2. The maximum Gasteiger partial charge on any atom is 0.328 e. The van der Waals surface area contributed by atoms with Gasteiger partial charge in [-0.3, -0.25) is 9.13 Å². The Balaban J connectivity index is 1.67. The molecule has 0 spiro atoms. The number of nitrogens with zero attached hydrogens (tertiary/aromatic N) is 5. The molecule has 0 fully saturated rings. The highest BCUT2D eigenvalue weighted by Gasteiger charge is 2.15. The van der Waals surface area contributed by atoms with Gasteiger partial charge in [-0.25, -0.2) is 9.59 Å². The second kappa shape index (κ2) is 7.62. The number of carbonyl (C=O) groups excluding carboxylic acids is 1. The molecule has 3 rings (SSSR count). The Morgan fingerprint density at radius 2 is 2.04 bits per heavy atom. The van der Waals surface area contributed by atoms with Crippen LogP contribution in [0.15, 0.2) is 27.5 Å². The lowest BCUT2D eigenvalue weighted by Crippen LogP contribution is -2.31. The Morgan fingerprint density at radius 1 is 1.30 bits per heavy atom. The minimum absolute atomic E-state index is 0.119. The van der Waals surface area contributed by atoms with Gasteiger partial charge in [-0.05, 0) is 18.2 Å². The SMILES string of the molecule is COCCc1noc(CN(C)C(=O)Nc2ccc3c(c2)n(C)c(=O)n3C)n1. The Labute approximate surface area is 155 Å². The second-order valence-electron chi connectivity index (χ2n) is 6.24. The van der Waals surface area contributed by atoms with E-state index in [4.69, 9.17) is 9.26 Å². The smallest absolute Gasteiger partial charge is 0.328 e. The largest absolute Gasteiger partial charge is 0.384 e. The van der Waals surface area contributed by atoms with Crippen LogP contribution >= 0.6 is 0 Å². The van der Waals surface area contributed by atoms with Crippen LogP contribution in [0.4, 0.5) is 10.5 Å². The molecule has 2 amide bonds. The van der Waals surface area contributed by atoms with Crippen LogP contribution in [0.25, 0.3) is 11.0 Å². The lowest BCUT2D eigenvalue weighted by Gasteiger charge is -2.16. The molecule has 27 heavy (non-hydrogen) atoms. The summed E-state index contributed by atoms with van der Waals surface area (Å²) in [7, 11) is 6.63. The molecule has 2 heterocycles. The van der Waals surface area contributed by atoms with Crippen LogP contribution in [0.2, 0.25) is 0 Å². The van der Waals surface area contributed by atoms with Crippen LogP contribution in [0.5, 0.6) is 0 Å². The third-order valence-electron chi connectivity index (χ3n) is 4.28. The quantitative estimate of drug-likeness (QED) is 0.693. The number of carbonyl (C=O) groups is 1. The Kier molecular flexibility index (Phi) is 5.26. The van der Waals surface area contributed by atoms with Crippen molar-refractivity contribution in [2.24, 2.45) is 14.1 Å². The molecular weight excluding hydrogens is 352 g/mol. The fourth-order valence-electron chi connectivity index (χ4n) is 2.73. The van der Waals surface area contributed by atoms with Gasteiger partial charge in [0.15, 0.2) is 5.82 Å². The summed E-state index contributed by atoms with van der Waals surface area (Å²) in [6.07, 6.45) is 0.547. The van der Waals surface area contributed by atoms with Gasteiger partial charge in [-0.2, -0.15) is 4.98 Å². The van der Waals surface area contributed by atoms with Crippen molar-refractivity contribution in [3.8, 4) is 0 Å². The van der Waals surface area contributed by atoms with Crippen molar-refractivity contribution in [2.75, 3.05) is 26.1 Å². The fraction of sp³-hybridized carbons (Fsp3) is 0.412. The van der Waals surface area contributed by atoms with Crippen molar-refractivity contribution >= 4 is 22.8 Å². The van der Waals surface area contributed by atoms with E-state index < -0.39 is 0 Å². The van der Waals surface area contributed by atoms with E-state index in [0.29, 0.717) is 30.4 Å². The van der Waals surface area contributed by atoms with Crippen LogP contribution < -0.4 is 11.0 Å². The number of ether oxygens (including phenoxy) is 1. The van der Waals surface area contributed by atoms with E-state index in [1.807, 2.05) is 0 Å². The molecule has 0 radical (unpaired) electrons. The Morgan fingerprint density at radius 3 is 2.78 bits per heavy atom. The summed E-state index contributed by atoms with van der Waals surface area (Å²) in [5.74, 6) is 0.885. The molecule has 0 saturated carbocycles. The number of rotatable bonds is 6. The van der Waals surface area contributed by atoms with Crippen molar-refractivity contribution in [2.45, 2.75) is 13.0 Å². The van der Waals surface area contributed by atoms with Gasteiger partial charge in [-0.1, -0.05) is 5.16 Å². The first-order chi connectivity index (χ1) is 12.9. The molecule has 0 aliphatic heterocycles. The Hall–Kier alpha value is -3.14. The standard InChI is InChI=1S/C17H22N6O4/c1-21(10-15-19-14(20-27-15)7-8-26-4)16(24)18-11-5-6-12-13(9-11)23(3)17(25)22(12)2/h5-6,9H,7-8,10H2,1-4H3,(H,18,24). The molecule has 1 aromatic carbocycles. The van der Waals surface area contributed by atoms with Gasteiger partial charge in [0.25, 0.3) is 0 Å². The molecule has 3 aromatic rings. The van der Waals surface area contributed by atoms with Crippen LogP contribution in [0, 0.1) is 0 Å². The molecule has 0 bridgehead atoms. The zero-order valence-corrected chi connectivity index (χ0v) is 15.7. The van der Waals surface area contributed by atoms with Gasteiger partial charge in [0.1, 0.15) is 6.54 Å². The van der Waals surface area contributed by atoms with Crippen molar-refractivity contribution in [3.05, 3.63) is 40.4 Å². The topological polar surface area (TPSA) is 107 Å². The van der Waals surface area contributed by atoms with Crippen molar-refractivity contribution in [3.63, 3.8) is 0 Å². The van der Waals surface area contributed by atoms with Crippen LogP contribution in [0.1, 0.15) is 11.7 Å². The zero-order chi connectivity index (χ0) is 19.6. The average Bonchev–Trinajstić information content (AvgIpc) is 3.19. The number of nitrogens with one attached hydrogen (secondary N) is 1. The first-order valence-corrected chi connectivity index (χ1v) is 8.38. The third kappa shape index (κ3) is 3.85. The summed E-state index contributed by atoms with van der Waals surface area (Å²) in [5.41, 5.74) is 2.00. The predicted molar refractivity (Wildman–Crippen MR) is 98.5 cm³/mol. The monoisotopic (exact) mass is 374 g/mol. The van der Waals surface area contributed by atoms with Gasteiger partial charge < -0.3 is 19.5 Å². The van der Waals surface area contributed by atoms with Gasteiger partial charge in [-0.15, -0.1) is 0 Å². The van der Waals surface area contributed by atoms with Crippen molar-refractivity contribution in [1.29, 1.82) is 0 Å². The number of amides is 2. The van der Waals surface area contributed by atoms with Crippen molar-refractivity contribution in [1.82, 2.24) is 24.2 Å². The second-order valence-corrected chi connectivity index (χ2v) is 6.24. The average molecular weight is 374 g/mol. The molecule has 10 nitrogen and oxygen atoms in total. The highest BCUT2D eigenvalue weighted by Crippen LogP contribution is 2.18. The van der Waals surface area contributed by atoms with Crippen molar-refractivity contribution < 1.29 is 14.1 Å². The summed E-state index contributed by atoms with van der Waals surface area (Å²) in [5, 5.41) is 6.65. The lowest BCUT2D eigenvalue weighted by atomic mass is 10.2. The van der Waals surface area contributed by atoms with Gasteiger partial charge in [0.2, 0.25) is 5.89 Å². The first kappa shape index (κ1) is 18.6. The number of hydrogen-bond acceptors (Lipinski definition) is 6. The normalized spacial score (nSPS) is 11.1. The molecule has 0 unspecified atom stereocenters. The molecule has 144 valence electrons. The lowest BCUT2D eigenvalue weighted by molar-refractivity contribution is 0.199.